The molecule has 1 fully saturated rings. The van der Waals surface area contributed by atoms with E-state index in [2.05, 4.69) is 142 Å². The molecule has 1 rings (SSSR count). The van der Waals surface area contributed by atoms with Crippen molar-refractivity contribution in [2.24, 2.45) is 0 Å². The summed E-state index contributed by atoms with van der Waals surface area (Å²) in [4.78, 5) is 51.1. The molecule has 12 heteroatoms. The molecule has 12 nitrogen and oxygen atoms in total. The zero-order valence-electron chi connectivity index (χ0n) is 46.2. The smallest absolute Gasteiger partial charge is 0.335 e. The minimum atomic E-state index is -1.93. The minimum Gasteiger partial charge on any atom is -0.479 e. The highest BCUT2D eigenvalue weighted by molar-refractivity contribution is 5.74. The first-order chi connectivity index (χ1) is 36.6. The molecule has 0 bridgehead atoms. The van der Waals surface area contributed by atoms with Crippen LogP contribution in [0.2, 0.25) is 0 Å². The van der Waals surface area contributed by atoms with Crippen molar-refractivity contribution in [3.8, 4) is 0 Å². The average molecular weight is 1050 g/mol. The Labute approximate surface area is 452 Å². The van der Waals surface area contributed by atoms with Crippen molar-refractivity contribution in [3.63, 3.8) is 0 Å². The van der Waals surface area contributed by atoms with Gasteiger partial charge in [0, 0.05) is 19.3 Å². The molecule has 6 atom stereocenters. The zero-order chi connectivity index (χ0) is 54.7. The molecular weight excluding hydrogens is 949 g/mol. The highest BCUT2D eigenvalue weighted by Gasteiger charge is 2.50. The lowest BCUT2D eigenvalue weighted by molar-refractivity contribution is -0.301. The third-order valence-electron chi connectivity index (χ3n) is 12.0. The maximum absolute atomic E-state index is 13.1. The first-order valence-electron chi connectivity index (χ1n) is 28.5. The summed E-state index contributed by atoms with van der Waals surface area (Å²) < 4.78 is 28.3. The van der Waals surface area contributed by atoms with Crippen LogP contribution in [-0.2, 0) is 42.9 Å². The third-order valence-corrected chi connectivity index (χ3v) is 12.0. The van der Waals surface area contributed by atoms with Gasteiger partial charge < -0.3 is 39.0 Å². The van der Waals surface area contributed by atoms with Gasteiger partial charge in [-0.05, 0) is 122 Å². The van der Waals surface area contributed by atoms with Crippen molar-refractivity contribution >= 4 is 23.9 Å². The van der Waals surface area contributed by atoms with E-state index in [9.17, 15) is 34.5 Å². The molecular formula is C63H98O12. The third kappa shape index (κ3) is 40.1. The normalized spacial score (nSPS) is 19.1. The molecule has 6 unspecified atom stereocenters. The minimum absolute atomic E-state index is 0.0204. The van der Waals surface area contributed by atoms with Gasteiger partial charge in [0.2, 0.25) is 0 Å². The number of carboxylic acid groups (broad SMARTS) is 1. The zero-order valence-corrected chi connectivity index (χ0v) is 46.2. The predicted octanol–water partition coefficient (Wildman–Crippen LogP) is 14.4. The highest BCUT2D eigenvalue weighted by atomic mass is 16.7. The van der Waals surface area contributed by atoms with E-state index in [-0.39, 0.29) is 25.9 Å². The lowest BCUT2D eigenvalue weighted by Crippen LogP contribution is -2.61. The van der Waals surface area contributed by atoms with Crippen LogP contribution in [0.1, 0.15) is 201 Å². The number of ether oxygens (including phenoxy) is 5. The Hall–Kier alpha value is -4.88. The van der Waals surface area contributed by atoms with Crippen LogP contribution in [0.4, 0.5) is 0 Å². The van der Waals surface area contributed by atoms with Gasteiger partial charge in [-0.1, -0.05) is 181 Å². The van der Waals surface area contributed by atoms with Crippen molar-refractivity contribution in [3.05, 3.63) is 122 Å². The van der Waals surface area contributed by atoms with Gasteiger partial charge in [-0.15, -0.1) is 0 Å². The van der Waals surface area contributed by atoms with Crippen LogP contribution in [-0.4, -0.2) is 89.2 Å². The SMILES string of the molecule is CC/C=C\C/C=C\C/C=C\C/C=C\CCCCCCC(=O)OC1C(OCC(COC(=O)CCCCCCC/C=C\C/C=C\C/C=C\CC)OC(=O)CCCCC/C=C\C/C=C\C/C=C\CC)OC(C(=O)O)C(O)C1O. The fraction of sp³-hybridized carbons (Fsp3) is 0.619. The molecule has 1 aliphatic heterocycles. The Bertz CT molecular complexity index is 1770. The number of carbonyl (C=O) groups excluding carboxylic acids is 3. The number of hydrogen-bond donors (Lipinski definition) is 3. The second kappa shape index (κ2) is 50.0. The van der Waals surface area contributed by atoms with Gasteiger partial charge in [0.05, 0.1) is 6.61 Å². The molecule has 0 saturated carbocycles. The highest BCUT2D eigenvalue weighted by Crippen LogP contribution is 2.26. The van der Waals surface area contributed by atoms with E-state index in [0.29, 0.717) is 19.3 Å². The summed E-state index contributed by atoms with van der Waals surface area (Å²) >= 11 is 0. The summed E-state index contributed by atoms with van der Waals surface area (Å²) in [5.41, 5.74) is 0. The molecule has 1 aliphatic rings. The molecule has 1 saturated heterocycles. The maximum Gasteiger partial charge on any atom is 0.335 e. The van der Waals surface area contributed by atoms with E-state index in [1.54, 1.807) is 0 Å². The molecule has 75 heavy (non-hydrogen) atoms. The molecule has 0 aliphatic carbocycles. The van der Waals surface area contributed by atoms with Gasteiger partial charge in [-0.25, -0.2) is 4.79 Å². The van der Waals surface area contributed by atoms with Gasteiger partial charge in [0.1, 0.15) is 18.8 Å². The Kier molecular flexibility index (Phi) is 45.4. The number of aliphatic hydroxyl groups is 2. The average Bonchev–Trinajstić information content (AvgIpc) is 3.39. The summed E-state index contributed by atoms with van der Waals surface area (Å²) in [5, 5.41) is 31.5. The van der Waals surface area contributed by atoms with Crippen molar-refractivity contribution < 1.29 is 58.2 Å². The number of esters is 3. The molecule has 3 N–H and O–H groups in total. The molecule has 422 valence electrons. The van der Waals surface area contributed by atoms with E-state index in [1.807, 2.05) is 0 Å². The van der Waals surface area contributed by atoms with E-state index in [0.717, 1.165) is 141 Å². The standard InChI is InChI=1S/C63H98O12/c1-4-7-10-13-16-19-22-25-27-28-30-33-36-39-42-45-48-51-57(66)74-61-59(68)58(67)60(62(69)70)75-63(61)72-53-54(73-56(65)50-47-44-41-38-35-31-24-21-18-15-12-9-6-3)52-71-55(64)49-46-43-40-37-34-32-29-26-23-20-17-14-11-8-5-2/h7-12,16-21,25-27,29-31,33,35,54,58-61,63,67-68H,4-6,13-15,22-24,28,32,34,36-53H2,1-3H3,(H,69,70)/b10-7-,11-8-,12-9-,19-16-,20-17-,21-18-,27-25-,29-26-,33-30-,35-31-. The van der Waals surface area contributed by atoms with Gasteiger partial charge in [-0.2, -0.15) is 0 Å². The van der Waals surface area contributed by atoms with Gasteiger partial charge in [0.25, 0.3) is 0 Å². The number of rotatable bonds is 46. The Morgan fingerprint density at radius 1 is 0.440 bits per heavy atom. The van der Waals surface area contributed by atoms with Crippen LogP contribution >= 0.6 is 0 Å². The lowest BCUT2D eigenvalue weighted by atomic mass is 9.98. The van der Waals surface area contributed by atoms with Crippen molar-refractivity contribution in [1.29, 1.82) is 0 Å². The van der Waals surface area contributed by atoms with Gasteiger partial charge >= 0.3 is 23.9 Å². The van der Waals surface area contributed by atoms with Crippen LogP contribution in [0.25, 0.3) is 0 Å². The quantitative estimate of drug-likeness (QED) is 0.0228. The van der Waals surface area contributed by atoms with Crippen molar-refractivity contribution in [2.75, 3.05) is 13.2 Å². The van der Waals surface area contributed by atoms with Gasteiger partial charge in [0.15, 0.2) is 24.6 Å². The lowest BCUT2D eigenvalue weighted by Gasteiger charge is -2.40. The number of aliphatic carboxylic acids is 1. The van der Waals surface area contributed by atoms with Crippen LogP contribution in [0.5, 0.6) is 0 Å². The number of carbonyl (C=O) groups is 4. The number of hydrogen-bond acceptors (Lipinski definition) is 11. The fourth-order valence-corrected chi connectivity index (χ4v) is 7.74. The molecule has 0 spiro atoms. The first-order valence-corrected chi connectivity index (χ1v) is 28.5. The molecule has 1 heterocycles. The van der Waals surface area contributed by atoms with Crippen LogP contribution < -0.4 is 0 Å². The van der Waals surface area contributed by atoms with Gasteiger partial charge in [-0.3, -0.25) is 14.4 Å². The molecule has 0 aromatic rings. The summed E-state index contributed by atoms with van der Waals surface area (Å²) in [5.74, 6) is -3.23. The second-order valence-corrected chi connectivity index (χ2v) is 18.8. The molecule has 0 radical (unpaired) electrons. The maximum atomic E-state index is 13.1. The summed E-state index contributed by atoms with van der Waals surface area (Å²) in [6.07, 6.45) is 56.0. The summed E-state index contributed by atoms with van der Waals surface area (Å²) in [6.45, 7) is 5.58. The Morgan fingerprint density at radius 3 is 1.23 bits per heavy atom. The fourth-order valence-electron chi connectivity index (χ4n) is 7.74. The van der Waals surface area contributed by atoms with Crippen LogP contribution in [0.15, 0.2) is 122 Å². The number of aliphatic hydroxyl groups excluding tert-OH is 2. The Balaban J connectivity index is 2.75. The van der Waals surface area contributed by atoms with Crippen LogP contribution in [0.3, 0.4) is 0 Å². The van der Waals surface area contributed by atoms with E-state index >= 15 is 0 Å². The Morgan fingerprint density at radius 2 is 0.800 bits per heavy atom. The van der Waals surface area contributed by atoms with Crippen molar-refractivity contribution in [2.45, 2.75) is 237 Å². The molecule has 0 amide bonds. The van der Waals surface area contributed by atoms with Crippen LogP contribution in [0, 0.1) is 0 Å². The first kappa shape index (κ1) is 68.1. The molecule has 0 aromatic carbocycles. The summed E-state index contributed by atoms with van der Waals surface area (Å²) in [7, 11) is 0. The van der Waals surface area contributed by atoms with E-state index < -0.39 is 67.3 Å². The number of allylic oxidation sites excluding steroid dienone is 20. The predicted molar refractivity (Wildman–Crippen MR) is 303 cm³/mol. The monoisotopic (exact) mass is 1050 g/mol. The topological polar surface area (TPSA) is 175 Å². The van der Waals surface area contributed by atoms with E-state index in [1.165, 1.54) is 0 Å². The number of carboxylic acids is 1. The molecule has 0 aromatic heterocycles. The second-order valence-electron chi connectivity index (χ2n) is 18.8. The van der Waals surface area contributed by atoms with Crippen molar-refractivity contribution in [1.82, 2.24) is 0 Å². The summed E-state index contributed by atoms with van der Waals surface area (Å²) in [6, 6.07) is 0. The number of unbranched alkanes of at least 4 members (excludes halogenated alkanes) is 12. The van der Waals surface area contributed by atoms with E-state index in [4.69, 9.17) is 23.7 Å². The largest absolute Gasteiger partial charge is 0.479 e.